The SMILES string of the molecule is Cc1ccc(C(C)C)c(N2C(=N)SCC2=O)c1.Cc1ccc(C(C)C)c(N2C(=O)CSC2=NC(=S)NCC(F)c2ccc(-c3ncn(-c4ccc(OC(F)(F)F)cc4)n3)cc2)c1.FC(CN=C=S)c1ccc(-c2ncn(-c3ccc(OC(F)(F)F)cc3)n2)cc1. The zero-order valence-corrected chi connectivity index (χ0v) is 52.0. The van der Waals surface area contributed by atoms with Gasteiger partial charge in [-0.2, -0.15) is 4.99 Å². The normalized spacial score (nSPS) is 14.4. The summed E-state index contributed by atoms with van der Waals surface area (Å²) in [6.07, 6.45) is -9.36. The van der Waals surface area contributed by atoms with Gasteiger partial charge < -0.3 is 14.8 Å². The molecule has 0 saturated carbocycles. The number of nitrogens with one attached hydrogen (secondary N) is 2. The molecule has 4 heterocycles. The van der Waals surface area contributed by atoms with E-state index in [1.165, 1.54) is 99.0 Å². The molecule has 2 amide bonds. The van der Waals surface area contributed by atoms with Crippen molar-refractivity contribution in [3.8, 4) is 45.6 Å². The number of nitrogens with zero attached hydrogens (tertiary/aromatic N) is 10. The maximum Gasteiger partial charge on any atom is 0.573 e. The molecule has 90 heavy (non-hydrogen) atoms. The first-order valence-electron chi connectivity index (χ1n) is 27.4. The van der Waals surface area contributed by atoms with Gasteiger partial charge in [0.05, 0.1) is 52.5 Å². The lowest BCUT2D eigenvalue weighted by molar-refractivity contribution is -0.275. The van der Waals surface area contributed by atoms with Gasteiger partial charge in [0.15, 0.2) is 27.1 Å². The Morgan fingerprint density at radius 1 is 0.644 bits per heavy atom. The molecule has 2 aromatic heterocycles. The third-order valence-corrected chi connectivity index (χ3v) is 15.4. The average molecular weight is 1310 g/mol. The maximum atomic E-state index is 15.1. The van der Waals surface area contributed by atoms with Gasteiger partial charge in [0.1, 0.15) is 36.5 Å². The second kappa shape index (κ2) is 29.7. The van der Waals surface area contributed by atoms with E-state index in [0.29, 0.717) is 67.3 Å². The fourth-order valence-corrected chi connectivity index (χ4v) is 10.8. The summed E-state index contributed by atoms with van der Waals surface area (Å²) in [6.45, 7) is 12.1. The standard InChI is InChI=1S/C31H28F4N6O2S2.C18H12F4N4OS.C13H16N2OS/c1-18(2)24-13-4-19(3)14-26(24)41-27(42)16-45-30(41)38-29(44)36-15-25(32)20-5-7-21(8-6-20)28-37-17-40(39-28)22-9-11-23(12-10-22)43-31(33,34)35;19-16(9-23-11-28)12-1-3-13(4-2-12)17-24-10-26(25-17)14-5-7-15(8-6-14)27-18(20,21)22;1-8(2)10-5-4-9(3)6-11(10)15-12(16)7-17-13(15)14/h4-14,17-18,25H,15-16H2,1-3H3,(H,36,44);1-8,10,16H,9H2;4-6,8,14H,7H2,1-3H3. The number of rotatable bonds is 16. The van der Waals surface area contributed by atoms with E-state index in [2.05, 4.69) is 102 Å². The number of aliphatic imine (C=N–C) groups is 2. The van der Waals surface area contributed by atoms with E-state index in [1.807, 2.05) is 38.1 Å². The number of alkyl halides is 8. The van der Waals surface area contributed by atoms with Crippen molar-refractivity contribution in [3.05, 3.63) is 179 Å². The Hall–Kier alpha value is -8.69. The second-order valence-corrected chi connectivity index (χ2v) is 23.1. The predicted molar refractivity (Wildman–Crippen MR) is 341 cm³/mol. The maximum absolute atomic E-state index is 15.1. The highest BCUT2D eigenvalue weighted by Gasteiger charge is 2.34. The molecule has 0 bridgehead atoms. The number of aromatic nitrogens is 6. The number of amides is 2. The molecule has 2 aliphatic heterocycles. The summed E-state index contributed by atoms with van der Waals surface area (Å²) in [6, 6.07) is 35.6. The lowest BCUT2D eigenvalue weighted by atomic mass is 9.99. The van der Waals surface area contributed by atoms with Crippen LogP contribution in [0.5, 0.6) is 11.5 Å². The molecular formula is C62H56F8N12O4S4. The molecule has 0 spiro atoms. The molecule has 16 nitrogen and oxygen atoms in total. The molecule has 0 aliphatic carbocycles. The smallest absolute Gasteiger partial charge is 0.406 e. The Morgan fingerprint density at radius 2 is 1.08 bits per heavy atom. The van der Waals surface area contributed by atoms with Crippen molar-refractivity contribution in [2.75, 3.05) is 34.4 Å². The van der Waals surface area contributed by atoms with Gasteiger partial charge in [-0.3, -0.25) is 24.8 Å². The van der Waals surface area contributed by atoms with Crippen molar-refractivity contribution in [1.82, 2.24) is 34.8 Å². The Kier molecular flexibility index (Phi) is 22.2. The van der Waals surface area contributed by atoms with Gasteiger partial charge in [-0.25, -0.2) is 33.1 Å². The highest BCUT2D eigenvalue weighted by Crippen LogP contribution is 2.36. The van der Waals surface area contributed by atoms with Crippen molar-refractivity contribution in [2.45, 2.75) is 78.4 Å². The van der Waals surface area contributed by atoms with E-state index >= 15 is 4.39 Å². The zero-order chi connectivity index (χ0) is 65.0. The first kappa shape index (κ1) is 67.2. The number of amidine groups is 2. The fourth-order valence-electron chi connectivity index (χ4n) is 8.94. The van der Waals surface area contributed by atoms with Gasteiger partial charge in [0.25, 0.3) is 0 Å². The van der Waals surface area contributed by atoms with Crippen molar-refractivity contribution in [1.29, 1.82) is 5.41 Å². The minimum atomic E-state index is -4.78. The molecule has 2 aliphatic rings. The molecule has 2 unspecified atom stereocenters. The lowest BCUT2D eigenvalue weighted by Crippen LogP contribution is -2.32. The number of ether oxygens (including phenoxy) is 2. The Morgan fingerprint density at radius 3 is 1.50 bits per heavy atom. The van der Waals surface area contributed by atoms with Gasteiger partial charge in [-0.05, 0) is 144 Å². The summed E-state index contributed by atoms with van der Waals surface area (Å²) in [4.78, 5) is 44.2. The van der Waals surface area contributed by atoms with Crippen LogP contribution in [0.3, 0.4) is 0 Å². The predicted octanol–water partition coefficient (Wildman–Crippen LogP) is 15.4. The topological polar surface area (TPSA) is 181 Å². The molecule has 6 aromatic carbocycles. The van der Waals surface area contributed by atoms with Crippen molar-refractivity contribution in [3.63, 3.8) is 0 Å². The number of thiocarbonyl (C=S) groups is 2. The Labute approximate surface area is 531 Å². The molecular weight excluding hydrogens is 1260 g/mol. The van der Waals surface area contributed by atoms with Crippen LogP contribution in [0.1, 0.15) is 85.3 Å². The summed E-state index contributed by atoms with van der Waals surface area (Å²) < 4.78 is 113. The van der Waals surface area contributed by atoms with Gasteiger partial charge in [0.2, 0.25) is 11.8 Å². The minimum Gasteiger partial charge on any atom is -0.406 e. The van der Waals surface area contributed by atoms with Crippen molar-refractivity contribution >= 4 is 91.8 Å². The number of aryl methyl sites for hydroxylation is 2. The lowest BCUT2D eigenvalue weighted by Gasteiger charge is -2.22. The van der Waals surface area contributed by atoms with Crippen LogP contribution in [-0.2, 0) is 9.59 Å². The van der Waals surface area contributed by atoms with E-state index < -0.39 is 25.1 Å². The molecule has 2 fully saturated rings. The molecule has 2 saturated heterocycles. The number of hydrogen-bond donors (Lipinski definition) is 2. The summed E-state index contributed by atoms with van der Waals surface area (Å²) in [7, 11) is 0. The van der Waals surface area contributed by atoms with Crippen LogP contribution in [0.15, 0.2) is 156 Å². The van der Waals surface area contributed by atoms with Gasteiger partial charge >= 0.3 is 12.7 Å². The Bertz CT molecular complexity index is 3920. The monoisotopic (exact) mass is 1310 g/mol. The van der Waals surface area contributed by atoms with Gasteiger partial charge in [0, 0.05) is 11.1 Å². The van der Waals surface area contributed by atoms with E-state index in [1.54, 1.807) is 53.4 Å². The Balaban J connectivity index is 0.000000196. The molecule has 2 atom stereocenters. The van der Waals surface area contributed by atoms with E-state index in [0.717, 1.165) is 33.6 Å². The molecule has 468 valence electrons. The number of carbonyl (C=O) groups excluding carboxylic acids is 2. The highest BCUT2D eigenvalue weighted by molar-refractivity contribution is 8.15. The van der Waals surface area contributed by atoms with Crippen LogP contribution in [0.2, 0.25) is 0 Å². The molecule has 2 N–H and O–H groups in total. The van der Waals surface area contributed by atoms with Crippen molar-refractivity contribution < 1.29 is 54.2 Å². The zero-order valence-electron chi connectivity index (χ0n) is 48.8. The first-order valence-corrected chi connectivity index (χ1v) is 30.2. The van der Waals surface area contributed by atoms with Gasteiger partial charge in [-0.15, -0.1) is 36.5 Å². The number of thioether (sulfide) groups is 2. The number of isothiocyanates is 1. The quantitative estimate of drug-likeness (QED) is 0.0530. The van der Waals surface area contributed by atoms with E-state index in [4.69, 9.17) is 17.6 Å². The van der Waals surface area contributed by atoms with E-state index in [9.17, 15) is 40.3 Å². The summed E-state index contributed by atoms with van der Waals surface area (Å²) in [5.74, 6) is 1.13. The number of halogens is 8. The summed E-state index contributed by atoms with van der Waals surface area (Å²) in [5.41, 5.74) is 9.03. The molecule has 0 radical (unpaired) electrons. The third kappa shape index (κ3) is 18.0. The summed E-state index contributed by atoms with van der Waals surface area (Å²) >= 11 is 12.4. The second-order valence-electron chi connectivity index (χ2n) is 20.6. The van der Waals surface area contributed by atoms with Gasteiger partial charge in [-0.1, -0.05) is 124 Å². The largest absolute Gasteiger partial charge is 0.573 e. The summed E-state index contributed by atoms with van der Waals surface area (Å²) in [5, 5.41) is 22.3. The molecule has 28 heteroatoms. The molecule has 10 rings (SSSR count). The number of anilines is 2. The highest BCUT2D eigenvalue weighted by atomic mass is 32.2. The third-order valence-electron chi connectivity index (χ3n) is 13.3. The van der Waals surface area contributed by atoms with Crippen LogP contribution in [0.25, 0.3) is 34.2 Å². The first-order chi connectivity index (χ1) is 42.7. The number of hydrogen-bond acceptors (Lipinski definition) is 14. The fraction of sp³-hybridized carbons (Fsp3) is 0.258. The van der Waals surface area contributed by atoms with E-state index in [-0.39, 0.29) is 53.2 Å². The van der Waals surface area contributed by atoms with Crippen LogP contribution in [0.4, 0.5) is 46.5 Å². The molecule has 8 aromatic rings. The number of carbonyl (C=O) groups is 2. The minimum absolute atomic E-state index is 0.00694. The van der Waals surface area contributed by atoms with Crippen LogP contribution < -0.4 is 24.6 Å². The average Bonchev–Trinajstić information content (AvgIpc) is 1.74. The van der Waals surface area contributed by atoms with Crippen LogP contribution >= 0.6 is 48.0 Å². The van der Waals surface area contributed by atoms with Crippen LogP contribution in [0, 0.1) is 19.3 Å². The van der Waals surface area contributed by atoms with Crippen LogP contribution in [-0.4, -0.2) is 99.3 Å². The van der Waals surface area contributed by atoms with Crippen molar-refractivity contribution in [2.24, 2.45) is 9.98 Å². The number of benzene rings is 6.